The summed E-state index contributed by atoms with van der Waals surface area (Å²) in [5.74, 6) is -0.602. The molecular formula is C13H13F3N4O2. The minimum atomic E-state index is -3.13. The number of halogens is 3. The molecule has 1 heterocycles. The van der Waals surface area contributed by atoms with E-state index >= 15 is 0 Å². The van der Waals surface area contributed by atoms with Gasteiger partial charge in [0.15, 0.2) is 5.75 Å². The fourth-order valence-corrected chi connectivity index (χ4v) is 1.69. The monoisotopic (exact) mass is 314 g/mol. The van der Waals surface area contributed by atoms with Crippen LogP contribution in [0.15, 0.2) is 30.6 Å². The van der Waals surface area contributed by atoms with Crippen molar-refractivity contribution in [3.8, 4) is 5.75 Å². The fourth-order valence-electron chi connectivity index (χ4n) is 1.69. The number of nitrogens with zero attached hydrogens (tertiary/aromatic N) is 2. The third-order valence-corrected chi connectivity index (χ3v) is 2.74. The number of ether oxygens (including phenoxy) is 1. The second kappa shape index (κ2) is 6.83. The van der Waals surface area contributed by atoms with Crippen LogP contribution in [0.1, 0.15) is 5.82 Å². The van der Waals surface area contributed by atoms with Crippen LogP contribution in [0.3, 0.4) is 0 Å². The third-order valence-electron chi connectivity index (χ3n) is 2.74. The van der Waals surface area contributed by atoms with E-state index in [0.29, 0.717) is 5.82 Å². The number of aromatic nitrogens is 2. The van der Waals surface area contributed by atoms with E-state index in [1.54, 1.807) is 24.0 Å². The highest BCUT2D eigenvalue weighted by atomic mass is 19.3. The molecule has 0 bridgehead atoms. The Balaban J connectivity index is 2.00. The lowest BCUT2D eigenvalue weighted by Gasteiger charge is -2.12. The van der Waals surface area contributed by atoms with Gasteiger partial charge in [0.2, 0.25) is 0 Å². The summed E-state index contributed by atoms with van der Waals surface area (Å²) in [6.07, 6.45) is 3.28. The van der Waals surface area contributed by atoms with Gasteiger partial charge in [-0.2, -0.15) is 8.78 Å². The second-order valence-corrected chi connectivity index (χ2v) is 4.28. The predicted octanol–water partition coefficient (Wildman–Crippen LogP) is 2.48. The smallest absolute Gasteiger partial charge is 0.387 e. The normalized spacial score (nSPS) is 10.6. The fraction of sp³-hybridized carbons (Fsp3) is 0.231. The van der Waals surface area contributed by atoms with Crippen LogP contribution in [0.4, 0.5) is 23.7 Å². The molecule has 0 spiro atoms. The summed E-state index contributed by atoms with van der Waals surface area (Å²) < 4.78 is 43.5. The Labute approximate surface area is 123 Å². The Morgan fingerprint density at radius 2 is 2.23 bits per heavy atom. The molecule has 0 fully saturated rings. The van der Waals surface area contributed by atoms with Crippen molar-refractivity contribution in [1.29, 1.82) is 0 Å². The number of anilines is 1. The molecule has 0 aliphatic heterocycles. The molecular weight excluding hydrogens is 301 g/mol. The van der Waals surface area contributed by atoms with Gasteiger partial charge in [-0.15, -0.1) is 0 Å². The molecule has 9 heteroatoms. The van der Waals surface area contributed by atoms with Crippen molar-refractivity contribution < 1.29 is 22.7 Å². The van der Waals surface area contributed by atoms with Gasteiger partial charge in [-0.3, -0.25) is 0 Å². The summed E-state index contributed by atoms with van der Waals surface area (Å²) >= 11 is 0. The summed E-state index contributed by atoms with van der Waals surface area (Å²) in [4.78, 5) is 15.8. The third kappa shape index (κ3) is 4.14. The van der Waals surface area contributed by atoms with Gasteiger partial charge in [-0.05, 0) is 12.1 Å². The van der Waals surface area contributed by atoms with E-state index in [1.807, 2.05) is 0 Å². The molecule has 118 valence electrons. The highest BCUT2D eigenvalue weighted by Gasteiger charge is 2.13. The number of imidazole rings is 1. The minimum absolute atomic E-state index is 0.0703. The molecule has 0 unspecified atom stereocenters. The van der Waals surface area contributed by atoms with Crippen LogP contribution in [0.5, 0.6) is 5.75 Å². The molecule has 6 nitrogen and oxygen atoms in total. The van der Waals surface area contributed by atoms with E-state index in [2.05, 4.69) is 20.4 Å². The lowest BCUT2D eigenvalue weighted by Crippen LogP contribution is -2.29. The molecule has 2 aromatic rings. The lowest BCUT2D eigenvalue weighted by molar-refractivity contribution is -0.0495. The SMILES string of the molecule is Cn1ccnc1CNC(=O)Nc1ccc(F)cc1OC(F)F. The van der Waals surface area contributed by atoms with Gasteiger partial charge < -0.3 is 19.9 Å². The quantitative estimate of drug-likeness (QED) is 0.891. The van der Waals surface area contributed by atoms with Crippen LogP contribution in [-0.4, -0.2) is 22.2 Å². The van der Waals surface area contributed by atoms with E-state index in [0.717, 1.165) is 18.2 Å². The number of amides is 2. The molecule has 2 rings (SSSR count). The Morgan fingerprint density at radius 1 is 1.45 bits per heavy atom. The summed E-state index contributed by atoms with van der Waals surface area (Å²) in [5, 5.41) is 4.81. The topological polar surface area (TPSA) is 68.2 Å². The molecule has 2 N–H and O–H groups in total. The molecule has 0 saturated carbocycles. The van der Waals surface area contributed by atoms with E-state index < -0.39 is 24.2 Å². The number of rotatable bonds is 5. The highest BCUT2D eigenvalue weighted by molar-refractivity contribution is 5.90. The molecule has 0 aliphatic rings. The maximum atomic E-state index is 13.0. The van der Waals surface area contributed by atoms with E-state index in [9.17, 15) is 18.0 Å². The average Bonchev–Trinajstić information content (AvgIpc) is 2.84. The molecule has 0 saturated heterocycles. The number of carbonyl (C=O) groups is 1. The molecule has 1 aromatic carbocycles. The largest absolute Gasteiger partial charge is 0.432 e. The first-order valence-electron chi connectivity index (χ1n) is 6.21. The Hall–Kier alpha value is -2.71. The molecule has 1 aromatic heterocycles. The molecule has 0 atom stereocenters. The standard InChI is InChI=1S/C13H13F3N4O2/c1-20-5-4-17-11(20)7-18-13(21)19-9-3-2-8(14)6-10(9)22-12(15)16/h2-6,12H,7H2,1H3,(H2,18,19,21). The highest BCUT2D eigenvalue weighted by Crippen LogP contribution is 2.26. The minimum Gasteiger partial charge on any atom is -0.432 e. The number of hydrogen-bond acceptors (Lipinski definition) is 3. The number of aryl methyl sites for hydroxylation is 1. The van der Waals surface area contributed by atoms with Crippen LogP contribution in [0.25, 0.3) is 0 Å². The van der Waals surface area contributed by atoms with E-state index in [-0.39, 0.29) is 12.2 Å². The zero-order valence-electron chi connectivity index (χ0n) is 11.5. The lowest BCUT2D eigenvalue weighted by atomic mass is 10.3. The second-order valence-electron chi connectivity index (χ2n) is 4.28. The first kappa shape index (κ1) is 15.7. The Kier molecular flexibility index (Phi) is 4.87. The van der Waals surface area contributed by atoms with Crippen molar-refractivity contribution in [3.05, 3.63) is 42.2 Å². The van der Waals surface area contributed by atoms with Crippen molar-refractivity contribution in [2.24, 2.45) is 7.05 Å². The van der Waals surface area contributed by atoms with Gasteiger partial charge in [0.25, 0.3) is 0 Å². The average molecular weight is 314 g/mol. The Bertz CT molecular complexity index is 660. The van der Waals surface area contributed by atoms with Crippen LogP contribution in [-0.2, 0) is 13.6 Å². The van der Waals surface area contributed by atoms with Crippen molar-refractivity contribution in [3.63, 3.8) is 0 Å². The van der Waals surface area contributed by atoms with Gasteiger partial charge >= 0.3 is 12.6 Å². The van der Waals surface area contributed by atoms with E-state index in [4.69, 9.17) is 0 Å². The van der Waals surface area contributed by atoms with Crippen molar-refractivity contribution in [1.82, 2.24) is 14.9 Å². The summed E-state index contributed by atoms with van der Waals surface area (Å²) in [6, 6.07) is 2.26. The molecule has 0 radical (unpaired) electrons. The van der Waals surface area contributed by atoms with Gasteiger partial charge in [0, 0.05) is 25.5 Å². The summed E-state index contributed by atoms with van der Waals surface area (Å²) in [5.41, 5.74) is -0.0703. The first-order chi connectivity index (χ1) is 10.5. The van der Waals surface area contributed by atoms with Gasteiger partial charge in [-0.1, -0.05) is 0 Å². The van der Waals surface area contributed by atoms with Crippen LogP contribution in [0, 0.1) is 5.82 Å². The number of alkyl halides is 2. The first-order valence-corrected chi connectivity index (χ1v) is 6.21. The molecule has 0 aliphatic carbocycles. The summed E-state index contributed by atoms with van der Waals surface area (Å²) in [7, 11) is 1.76. The maximum Gasteiger partial charge on any atom is 0.387 e. The van der Waals surface area contributed by atoms with Crippen LogP contribution in [0.2, 0.25) is 0 Å². The number of nitrogens with one attached hydrogen (secondary N) is 2. The number of carbonyl (C=O) groups excluding carboxylic acids is 1. The molecule has 2 amide bonds. The van der Waals surface area contributed by atoms with E-state index in [1.165, 1.54) is 0 Å². The number of hydrogen-bond donors (Lipinski definition) is 2. The Morgan fingerprint density at radius 3 is 2.86 bits per heavy atom. The summed E-state index contributed by atoms with van der Waals surface area (Å²) in [6.45, 7) is -2.99. The number of urea groups is 1. The zero-order chi connectivity index (χ0) is 16.1. The predicted molar refractivity (Wildman–Crippen MR) is 72.1 cm³/mol. The van der Waals surface area contributed by atoms with Gasteiger partial charge in [0.1, 0.15) is 11.6 Å². The van der Waals surface area contributed by atoms with Crippen molar-refractivity contribution in [2.75, 3.05) is 5.32 Å². The van der Waals surface area contributed by atoms with Crippen molar-refractivity contribution in [2.45, 2.75) is 13.2 Å². The molecule has 22 heavy (non-hydrogen) atoms. The van der Waals surface area contributed by atoms with Gasteiger partial charge in [-0.25, -0.2) is 14.2 Å². The van der Waals surface area contributed by atoms with Crippen LogP contribution >= 0.6 is 0 Å². The van der Waals surface area contributed by atoms with Gasteiger partial charge in [0.05, 0.1) is 12.2 Å². The van der Waals surface area contributed by atoms with Crippen LogP contribution < -0.4 is 15.4 Å². The maximum absolute atomic E-state index is 13.0. The number of benzene rings is 1. The van der Waals surface area contributed by atoms with Crippen molar-refractivity contribution >= 4 is 11.7 Å². The zero-order valence-corrected chi connectivity index (χ0v) is 11.5.